The molecule has 1 aromatic heterocycles. The van der Waals surface area contributed by atoms with Crippen molar-refractivity contribution in [2.45, 2.75) is 13.0 Å². The third-order valence-corrected chi connectivity index (χ3v) is 4.02. The van der Waals surface area contributed by atoms with Crippen molar-refractivity contribution in [3.05, 3.63) is 62.9 Å². The highest BCUT2D eigenvalue weighted by Gasteiger charge is 2.15. The fourth-order valence-corrected chi connectivity index (χ4v) is 2.61. The van der Waals surface area contributed by atoms with Crippen molar-refractivity contribution in [3.63, 3.8) is 0 Å². The molecule has 0 fully saturated rings. The first-order chi connectivity index (χ1) is 12.3. The number of fused-ring (bicyclic) bond motifs is 1. The summed E-state index contributed by atoms with van der Waals surface area (Å²) in [6.07, 6.45) is 0.119. The predicted octanol–water partition coefficient (Wildman–Crippen LogP) is 4.74. The second-order valence-electron chi connectivity index (χ2n) is 5.36. The van der Waals surface area contributed by atoms with Crippen LogP contribution in [0.25, 0.3) is 11.0 Å². The summed E-state index contributed by atoms with van der Waals surface area (Å²) in [4.78, 5) is 23.4. The first kappa shape index (κ1) is 18.1. The summed E-state index contributed by atoms with van der Waals surface area (Å²) in [5.41, 5.74) is -0.172. The van der Waals surface area contributed by atoms with Gasteiger partial charge >= 0.3 is 5.97 Å². The van der Waals surface area contributed by atoms with Crippen molar-refractivity contribution in [2.75, 3.05) is 0 Å². The molecule has 26 heavy (non-hydrogen) atoms. The molecule has 6 nitrogen and oxygen atoms in total. The van der Waals surface area contributed by atoms with Crippen LogP contribution in [0.5, 0.6) is 17.2 Å². The Kier molecular flexibility index (Phi) is 5.06. The fourth-order valence-electron chi connectivity index (χ4n) is 2.17. The summed E-state index contributed by atoms with van der Waals surface area (Å²) in [6, 6.07) is 9.01. The Balaban J connectivity index is 1.93. The quantitative estimate of drug-likeness (QED) is 0.672. The minimum Gasteiger partial charge on any atom is -0.479 e. The van der Waals surface area contributed by atoms with Crippen LogP contribution < -0.4 is 14.9 Å². The highest BCUT2D eigenvalue weighted by molar-refractivity contribution is 6.35. The molecular formula is C18H12Cl2O6. The third kappa shape index (κ3) is 3.76. The molecule has 0 spiro atoms. The van der Waals surface area contributed by atoms with Gasteiger partial charge in [-0.25, -0.2) is 4.79 Å². The van der Waals surface area contributed by atoms with Crippen LogP contribution in [0.2, 0.25) is 10.0 Å². The summed E-state index contributed by atoms with van der Waals surface area (Å²) in [6.45, 7) is 1.40. The molecule has 3 rings (SSSR count). The molecule has 1 atom stereocenters. The van der Waals surface area contributed by atoms with Crippen molar-refractivity contribution in [3.8, 4) is 17.2 Å². The molecular weight excluding hydrogens is 383 g/mol. The number of carboxylic acid groups (broad SMARTS) is 1. The molecule has 8 heteroatoms. The minimum atomic E-state index is -1.10. The lowest BCUT2D eigenvalue weighted by Crippen LogP contribution is -2.22. The maximum absolute atomic E-state index is 12.6. The molecule has 1 unspecified atom stereocenters. The van der Waals surface area contributed by atoms with Gasteiger partial charge in [0.1, 0.15) is 23.3 Å². The van der Waals surface area contributed by atoms with Crippen LogP contribution in [0.3, 0.4) is 0 Å². The van der Waals surface area contributed by atoms with Gasteiger partial charge in [0.05, 0.1) is 10.4 Å². The molecule has 134 valence electrons. The SMILES string of the molecule is CC(Oc1ccc2c(=O)c(Oc3ccc(Cl)cc3Cl)coc2c1)C(=O)O. The summed E-state index contributed by atoms with van der Waals surface area (Å²) in [7, 11) is 0. The van der Waals surface area contributed by atoms with E-state index < -0.39 is 17.5 Å². The number of ether oxygens (including phenoxy) is 2. The fraction of sp³-hybridized carbons (Fsp3) is 0.111. The zero-order chi connectivity index (χ0) is 18.8. The van der Waals surface area contributed by atoms with Crippen LogP contribution in [-0.4, -0.2) is 17.2 Å². The predicted molar refractivity (Wildman–Crippen MR) is 96.7 cm³/mol. The lowest BCUT2D eigenvalue weighted by atomic mass is 10.2. The maximum atomic E-state index is 12.6. The van der Waals surface area contributed by atoms with Crippen molar-refractivity contribution < 1.29 is 23.8 Å². The van der Waals surface area contributed by atoms with Gasteiger partial charge in [0.25, 0.3) is 0 Å². The number of halogens is 2. The smallest absolute Gasteiger partial charge is 0.344 e. The molecule has 1 heterocycles. The molecule has 0 amide bonds. The first-order valence-corrected chi connectivity index (χ1v) is 8.18. The van der Waals surface area contributed by atoms with Gasteiger partial charge in [0, 0.05) is 11.1 Å². The van der Waals surface area contributed by atoms with Crippen molar-refractivity contribution in [1.29, 1.82) is 0 Å². The molecule has 0 aliphatic rings. The Bertz CT molecular complexity index is 1040. The molecule has 1 N–H and O–H groups in total. The van der Waals surface area contributed by atoms with Gasteiger partial charge in [0.15, 0.2) is 6.10 Å². The van der Waals surface area contributed by atoms with Gasteiger partial charge in [0.2, 0.25) is 11.2 Å². The van der Waals surface area contributed by atoms with Crippen LogP contribution in [0.15, 0.2) is 51.9 Å². The van der Waals surface area contributed by atoms with Crippen molar-refractivity contribution in [2.24, 2.45) is 0 Å². The Morgan fingerprint density at radius 3 is 2.62 bits per heavy atom. The average Bonchev–Trinajstić information content (AvgIpc) is 2.59. The second kappa shape index (κ2) is 7.27. The zero-order valence-electron chi connectivity index (χ0n) is 13.4. The number of carbonyl (C=O) groups is 1. The highest BCUT2D eigenvalue weighted by atomic mass is 35.5. The van der Waals surface area contributed by atoms with E-state index in [1.54, 1.807) is 12.1 Å². The van der Waals surface area contributed by atoms with E-state index in [0.717, 1.165) is 6.26 Å². The molecule has 3 aromatic rings. The van der Waals surface area contributed by atoms with E-state index in [1.165, 1.54) is 31.2 Å². The van der Waals surface area contributed by atoms with Crippen LogP contribution in [0.1, 0.15) is 6.92 Å². The number of hydrogen-bond donors (Lipinski definition) is 1. The molecule has 0 saturated heterocycles. The Morgan fingerprint density at radius 2 is 1.92 bits per heavy atom. The Hall–Kier alpha value is -2.70. The van der Waals surface area contributed by atoms with E-state index in [1.807, 2.05) is 0 Å². The van der Waals surface area contributed by atoms with E-state index in [0.29, 0.717) is 5.02 Å². The maximum Gasteiger partial charge on any atom is 0.344 e. The van der Waals surface area contributed by atoms with Crippen molar-refractivity contribution in [1.82, 2.24) is 0 Å². The molecule has 0 radical (unpaired) electrons. The average molecular weight is 395 g/mol. The Morgan fingerprint density at radius 1 is 1.15 bits per heavy atom. The summed E-state index contributed by atoms with van der Waals surface area (Å²) in [5, 5.41) is 9.83. The molecule has 0 aliphatic heterocycles. The van der Waals surface area contributed by atoms with Gasteiger partial charge < -0.3 is 19.0 Å². The number of rotatable bonds is 5. The van der Waals surface area contributed by atoms with E-state index in [9.17, 15) is 9.59 Å². The van der Waals surface area contributed by atoms with E-state index in [4.69, 9.17) is 42.2 Å². The monoisotopic (exact) mass is 394 g/mol. The lowest BCUT2D eigenvalue weighted by Gasteiger charge is -2.11. The van der Waals surface area contributed by atoms with Gasteiger partial charge in [-0.3, -0.25) is 4.79 Å². The number of hydrogen-bond acceptors (Lipinski definition) is 5. The number of benzene rings is 2. The van der Waals surface area contributed by atoms with Gasteiger partial charge in [-0.2, -0.15) is 0 Å². The number of carboxylic acids is 1. The van der Waals surface area contributed by atoms with Crippen molar-refractivity contribution >= 4 is 40.1 Å². The topological polar surface area (TPSA) is 86.0 Å². The lowest BCUT2D eigenvalue weighted by molar-refractivity contribution is -0.144. The van der Waals surface area contributed by atoms with E-state index in [2.05, 4.69) is 0 Å². The van der Waals surface area contributed by atoms with Gasteiger partial charge in [-0.15, -0.1) is 0 Å². The Labute approximate surface area is 157 Å². The second-order valence-corrected chi connectivity index (χ2v) is 6.21. The van der Waals surface area contributed by atoms with Crippen LogP contribution in [0.4, 0.5) is 0 Å². The summed E-state index contributed by atoms with van der Waals surface area (Å²) in [5.74, 6) is -0.618. The third-order valence-electron chi connectivity index (χ3n) is 3.49. The van der Waals surface area contributed by atoms with Crippen LogP contribution in [-0.2, 0) is 4.79 Å². The highest BCUT2D eigenvalue weighted by Crippen LogP contribution is 2.31. The zero-order valence-corrected chi connectivity index (χ0v) is 14.9. The standard InChI is InChI=1S/C18H12Cl2O6/c1-9(18(22)23)25-11-3-4-12-15(7-11)24-8-16(17(12)21)26-14-5-2-10(19)6-13(14)20/h2-9H,1H3,(H,22,23). The minimum absolute atomic E-state index is 0.0469. The first-order valence-electron chi connectivity index (χ1n) is 7.43. The van der Waals surface area contributed by atoms with E-state index in [-0.39, 0.29) is 33.2 Å². The largest absolute Gasteiger partial charge is 0.479 e. The summed E-state index contributed by atoms with van der Waals surface area (Å²) < 4.78 is 16.2. The molecule has 0 saturated carbocycles. The number of aliphatic carboxylic acids is 1. The van der Waals surface area contributed by atoms with E-state index >= 15 is 0 Å². The molecule has 0 aliphatic carbocycles. The summed E-state index contributed by atoms with van der Waals surface area (Å²) >= 11 is 11.9. The van der Waals surface area contributed by atoms with Crippen LogP contribution in [0, 0.1) is 0 Å². The van der Waals surface area contributed by atoms with Crippen LogP contribution >= 0.6 is 23.2 Å². The molecule has 0 bridgehead atoms. The van der Waals surface area contributed by atoms with Gasteiger partial charge in [-0.05, 0) is 37.3 Å². The normalized spacial score (nSPS) is 12.0. The molecule has 2 aromatic carbocycles. The van der Waals surface area contributed by atoms with Gasteiger partial charge in [-0.1, -0.05) is 23.2 Å².